The number of para-hydroxylation sites is 1. The second kappa shape index (κ2) is 4.65. The van der Waals surface area contributed by atoms with Crippen LogP contribution in [0, 0.1) is 0 Å². The summed E-state index contributed by atoms with van der Waals surface area (Å²) >= 11 is 6.76. The number of nitrogens with one attached hydrogen (secondary N) is 1. The van der Waals surface area contributed by atoms with Crippen molar-refractivity contribution in [3.63, 3.8) is 0 Å². The fourth-order valence-electron chi connectivity index (χ4n) is 0.843. The Morgan fingerprint density at radius 3 is 2.85 bits per heavy atom. The summed E-state index contributed by atoms with van der Waals surface area (Å²) in [4.78, 5) is 11.0. The van der Waals surface area contributed by atoms with E-state index in [1.54, 1.807) is 12.1 Å². The van der Waals surface area contributed by atoms with Gasteiger partial charge in [0.15, 0.2) is 0 Å². The third-order valence-corrected chi connectivity index (χ3v) is 2.44. The Labute approximate surface area is 93.0 Å². The predicted octanol–water partition coefficient (Wildman–Crippen LogP) is 1.93. The van der Waals surface area contributed by atoms with Gasteiger partial charge in [0.05, 0.1) is 0 Å². The molecule has 1 aromatic carbocycles. The number of halogens is 1. The summed E-state index contributed by atoms with van der Waals surface area (Å²) in [5, 5.41) is 2.85. The summed E-state index contributed by atoms with van der Waals surface area (Å²) in [6.07, 6.45) is 0. The number of carbonyl (C=O) groups is 1. The van der Waals surface area contributed by atoms with E-state index in [1.165, 1.54) is 0 Å². The summed E-state index contributed by atoms with van der Waals surface area (Å²) in [5.41, 5.74) is 6.80. The van der Waals surface area contributed by atoms with Gasteiger partial charge in [-0.1, -0.05) is 0 Å². The van der Waals surface area contributed by atoms with Crippen molar-refractivity contribution in [2.24, 2.45) is 0 Å². The molecule has 0 aliphatic heterocycles. The SMILES string of the molecule is Nc1cccc(Br)c1NC(=O)[CH2][Fe]. The first-order valence-corrected chi connectivity index (χ1v) is 5.10. The molecule has 1 rings (SSSR count). The van der Waals surface area contributed by atoms with Crippen LogP contribution in [0.3, 0.4) is 0 Å². The molecule has 13 heavy (non-hydrogen) atoms. The van der Waals surface area contributed by atoms with Crippen molar-refractivity contribution in [3.8, 4) is 0 Å². The molecule has 0 heterocycles. The van der Waals surface area contributed by atoms with Crippen molar-refractivity contribution in [2.75, 3.05) is 11.1 Å². The van der Waals surface area contributed by atoms with E-state index in [4.69, 9.17) is 5.73 Å². The van der Waals surface area contributed by atoms with Gasteiger partial charge < -0.3 is 0 Å². The molecule has 1 aromatic rings. The number of amides is 1. The van der Waals surface area contributed by atoms with E-state index in [1.807, 2.05) is 6.07 Å². The third-order valence-electron chi connectivity index (χ3n) is 1.42. The molecule has 0 spiro atoms. The van der Waals surface area contributed by atoms with Gasteiger partial charge in [-0.3, -0.25) is 0 Å². The Balaban J connectivity index is 2.93. The first-order chi connectivity index (χ1) is 6.15. The van der Waals surface area contributed by atoms with E-state index in [-0.39, 0.29) is 11.2 Å². The Morgan fingerprint density at radius 2 is 2.31 bits per heavy atom. The van der Waals surface area contributed by atoms with Crippen molar-refractivity contribution in [1.29, 1.82) is 0 Å². The topological polar surface area (TPSA) is 55.1 Å². The van der Waals surface area contributed by atoms with E-state index in [9.17, 15) is 4.79 Å². The second-order valence-corrected chi connectivity index (χ2v) is 3.62. The Hall–Kier alpha value is -0.511. The number of rotatable bonds is 2. The quantitative estimate of drug-likeness (QED) is 0.644. The molecule has 0 radical (unpaired) electrons. The van der Waals surface area contributed by atoms with Crippen LogP contribution in [0.2, 0.25) is 5.32 Å². The summed E-state index contributed by atoms with van der Waals surface area (Å²) in [7, 11) is 0. The van der Waals surface area contributed by atoms with Crippen molar-refractivity contribution in [1.82, 2.24) is 0 Å². The standard InChI is InChI=1S/C8H8BrN2O.Fe/c1-5(12)11-8-6(9)3-2-4-7(8)10;/h2-4H,1,10H2,(H,11,12);. The Morgan fingerprint density at radius 1 is 1.62 bits per heavy atom. The molecule has 0 aromatic heterocycles. The maximum absolute atomic E-state index is 11.0. The van der Waals surface area contributed by atoms with Crippen LogP contribution in [0.15, 0.2) is 22.7 Å². The molecule has 0 unspecified atom stereocenters. The van der Waals surface area contributed by atoms with Gasteiger partial charge in [-0.2, -0.15) is 0 Å². The van der Waals surface area contributed by atoms with Crippen LogP contribution in [-0.4, -0.2) is 5.91 Å². The van der Waals surface area contributed by atoms with Gasteiger partial charge in [0.2, 0.25) is 0 Å². The molecular formula is C8H8BrFeN2O. The summed E-state index contributed by atoms with van der Waals surface area (Å²) in [5.74, 6) is -0.154. The number of hydrogen-bond acceptors (Lipinski definition) is 2. The number of benzene rings is 1. The fraction of sp³-hybridized carbons (Fsp3) is 0.125. The molecule has 3 nitrogen and oxygen atoms in total. The monoisotopic (exact) mass is 283 g/mol. The van der Waals surface area contributed by atoms with Gasteiger partial charge >= 0.3 is 93.1 Å². The first kappa shape index (κ1) is 10.6. The Bertz CT molecular complexity index is 310. The zero-order chi connectivity index (χ0) is 9.84. The van der Waals surface area contributed by atoms with E-state index in [2.05, 4.69) is 37.3 Å². The second-order valence-electron chi connectivity index (χ2n) is 2.38. The van der Waals surface area contributed by atoms with Gasteiger partial charge in [0.1, 0.15) is 0 Å². The van der Waals surface area contributed by atoms with Gasteiger partial charge in [0.25, 0.3) is 0 Å². The number of nitrogens with two attached hydrogens (primary N) is 1. The molecule has 0 saturated carbocycles. The molecule has 0 aliphatic carbocycles. The molecule has 0 fully saturated rings. The summed E-state index contributed by atoms with van der Waals surface area (Å²) in [6, 6.07) is 5.35. The number of anilines is 2. The van der Waals surface area contributed by atoms with Gasteiger partial charge in [0, 0.05) is 0 Å². The average molecular weight is 284 g/mol. The molecule has 71 valence electrons. The predicted molar refractivity (Wildman–Crippen MR) is 52.0 cm³/mol. The maximum atomic E-state index is 11.0. The normalized spacial score (nSPS) is 9.69. The van der Waals surface area contributed by atoms with E-state index < -0.39 is 0 Å². The van der Waals surface area contributed by atoms with Crippen LogP contribution in [-0.2, 0) is 20.8 Å². The van der Waals surface area contributed by atoms with Gasteiger partial charge in [-0.25, -0.2) is 0 Å². The molecule has 0 aliphatic rings. The van der Waals surface area contributed by atoms with Gasteiger partial charge in [-0.15, -0.1) is 0 Å². The minimum atomic E-state index is -0.154. The molecule has 0 atom stereocenters. The zero-order valence-corrected chi connectivity index (χ0v) is 9.35. The molecule has 5 heteroatoms. The average Bonchev–Trinajstić information content (AvgIpc) is 2.11. The van der Waals surface area contributed by atoms with Crippen molar-refractivity contribution < 1.29 is 20.8 Å². The molecule has 1 amide bonds. The van der Waals surface area contributed by atoms with Crippen molar-refractivity contribution >= 4 is 33.2 Å². The molecule has 0 bridgehead atoms. The number of hydrogen-bond donors (Lipinski definition) is 2. The van der Waals surface area contributed by atoms with Crippen LogP contribution in [0.5, 0.6) is 0 Å². The first-order valence-electron chi connectivity index (χ1n) is 3.53. The van der Waals surface area contributed by atoms with Crippen LogP contribution in [0.1, 0.15) is 0 Å². The van der Waals surface area contributed by atoms with E-state index in [0.29, 0.717) is 11.4 Å². The number of nitrogen functional groups attached to an aromatic ring is 1. The molecule has 0 saturated heterocycles. The molecular weight excluding hydrogens is 276 g/mol. The number of carbonyl (C=O) groups excluding carboxylic acids is 1. The van der Waals surface area contributed by atoms with Gasteiger partial charge in [-0.05, 0) is 0 Å². The van der Waals surface area contributed by atoms with Crippen molar-refractivity contribution in [3.05, 3.63) is 22.7 Å². The van der Waals surface area contributed by atoms with Crippen LogP contribution in [0.25, 0.3) is 0 Å². The van der Waals surface area contributed by atoms with Crippen molar-refractivity contribution in [2.45, 2.75) is 5.32 Å². The summed E-state index contributed by atoms with van der Waals surface area (Å²) in [6.45, 7) is 0. The van der Waals surface area contributed by atoms with Crippen LogP contribution >= 0.6 is 15.9 Å². The van der Waals surface area contributed by atoms with Crippen LogP contribution in [0.4, 0.5) is 11.4 Å². The van der Waals surface area contributed by atoms with Crippen LogP contribution < -0.4 is 11.1 Å². The van der Waals surface area contributed by atoms with E-state index in [0.717, 1.165) is 4.47 Å². The fourth-order valence-corrected chi connectivity index (χ4v) is 1.42. The summed E-state index contributed by atoms with van der Waals surface area (Å²) < 4.78 is 0.773. The zero-order valence-electron chi connectivity index (χ0n) is 6.66. The van der Waals surface area contributed by atoms with E-state index >= 15 is 0 Å². The third kappa shape index (κ3) is 2.72. The molecule has 3 N–H and O–H groups in total. The minimum absolute atomic E-state index is 0.154. The Kier molecular flexibility index (Phi) is 3.78.